The highest BCUT2D eigenvalue weighted by molar-refractivity contribution is 9.10. The van der Waals surface area contributed by atoms with Crippen LogP contribution in [0.1, 0.15) is 5.56 Å². The zero-order valence-corrected chi connectivity index (χ0v) is 9.48. The van der Waals surface area contributed by atoms with Gasteiger partial charge in [0, 0.05) is 16.6 Å². The van der Waals surface area contributed by atoms with Crippen molar-refractivity contribution in [3.8, 4) is 0 Å². The fourth-order valence-electron chi connectivity index (χ4n) is 1.08. The Labute approximate surface area is 94.3 Å². The summed E-state index contributed by atoms with van der Waals surface area (Å²) in [7, 11) is 1.27. The summed E-state index contributed by atoms with van der Waals surface area (Å²) in [5, 5.41) is 10.5. The van der Waals surface area contributed by atoms with Gasteiger partial charge in [-0.25, -0.2) is 0 Å². The van der Waals surface area contributed by atoms with E-state index < -0.39 is 10.9 Å². The minimum absolute atomic E-state index is 0.0246. The van der Waals surface area contributed by atoms with Gasteiger partial charge in [0.1, 0.15) is 0 Å². The standard InChI is InChI=1S/C9H8BrNO4/c1-15-9(12)4-6-2-7(10)5-8(3-6)11(13)14/h2-3,5H,4H2,1H3. The molecule has 0 atom stereocenters. The molecule has 0 heterocycles. The molecule has 0 aromatic heterocycles. The Balaban J connectivity index is 2.98. The Hall–Kier alpha value is -1.43. The normalized spacial score (nSPS) is 9.73. The van der Waals surface area contributed by atoms with Crippen molar-refractivity contribution >= 4 is 27.6 Å². The van der Waals surface area contributed by atoms with Gasteiger partial charge >= 0.3 is 5.97 Å². The Kier molecular flexibility index (Phi) is 3.79. The predicted molar refractivity (Wildman–Crippen MR) is 56.5 cm³/mol. The molecule has 0 amide bonds. The van der Waals surface area contributed by atoms with Crippen LogP contribution in [0.5, 0.6) is 0 Å². The number of rotatable bonds is 3. The van der Waals surface area contributed by atoms with Crippen molar-refractivity contribution < 1.29 is 14.5 Å². The van der Waals surface area contributed by atoms with Gasteiger partial charge in [0.2, 0.25) is 0 Å². The first-order chi connectivity index (χ1) is 7.02. The molecule has 0 saturated carbocycles. The lowest BCUT2D eigenvalue weighted by Gasteiger charge is -2.01. The van der Waals surface area contributed by atoms with E-state index in [4.69, 9.17) is 0 Å². The van der Waals surface area contributed by atoms with Gasteiger partial charge in [0.25, 0.3) is 5.69 Å². The number of nitro groups is 1. The number of esters is 1. The maximum Gasteiger partial charge on any atom is 0.309 e. The minimum atomic E-state index is -0.508. The van der Waals surface area contributed by atoms with Gasteiger partial charge in [0.15, 0.2) is 0 Å². The monoisotopic (exact) mass is 273 g/mol. The van der Waals surface area contributed by atoms with Gasteiger partial charge in [-0.2, -0.15) is 0 Å². The van der Waals surface area contributed by atoms with E-state index in [9.17, 15) is 14.9 Å². The quantitative estimate of drug-likeness (QED) is 0.480. The maximum absolute atomic E-state index is 11.0. The SMILES string of the molecule is COC(=O)Cc1cc(Br)cc([N+](=O)[O-])c1. The second-order valence-electron chi connectivity index (χ2n) is 2.83. The third kappa shape index (κ3) is 3.32. The van der Waals surface area contributed by atoms with E-state index in [2.05, 4.69) is 20.7 Å². The number of methoxy groups -OCH3 is 1. The number of carbonyl (C=O) groups is 1. The second-order valence-corrected chi connectivity index (χ2v) is 3.74. The molecule has 6 heteroatoms. The van der Waals surface area contributed by atoms with Crippen molar-refractivity contribution in [3.63, 3.8) is 0 Å². The van der Waals surface area contributed by atoms with E-state index in [0.717, 1.165) is 0 Å². The van der Waals surface area contributed by atoms with Crippen LogP contribution in [0.4, 0.5) is 5.69 Å². The predicted octanol–water partition coefficient (Wildman–Crippen LogP) is 2.07. The smallest absolute Gasteiger partial charge is 0.309 e. The van der Waals surface area contributed by atoms with E-state index in [0.29, 0.717) is 10.0 Å². The van der Waals surface area contributed by atoms with Gasteiger partial charge in [-0.1, -0.05) is 15.9 Å². The number of non-ortho nitro benzene ring substituents is 1. The summed E-state index contributed by atoms with van der Waals surface area (Å²) in [5.41, 5.74) is 0.492. The lowest BCUT2D eigenvalue weighted by atomic mass is 10.1. The van der Waals surface area contributed by atoms with Crippen molar-refractivity contribution in [3.05, 3.63) is 38.3 Å². The van der Waals surface area contributed by atoms with Crippen LogP contribution >= 0.6 is 15.9 Å². The molecule has 0 saturated heterocycles. The number of ether oxygens (including phenoxy) is 1. The number of halogens is 1. The second kappa shape index (κ2) is 4.88. The molecule has 0 aliphatic heterocycles. The molecular weight excluding hydrogens is 266 g/mol. The number of nitrogens with zero attached hydrogens (tertiary/aromatic N) is 1. The summed E-state index contributed by atoms with van der Waals surface area (Å²) in [6.07, 6.45) is 0.0246. The average Bonchev–Trinajstić information content (AvgIpc) is 2.16. The molecule has 0 aliphatic carbocycles. The Morgan fingerprint density at radius 3 is 2.73 bits per heavy atom. The van der Waals surface area contributed by atoms with E-state index in [-0.39, 0.29) is 12.1 Å². The number of hydrogen-bond donors (Lipinski definition) is 0. The molecule has 0 fully saturated rings. The van der Waals surface area contributed by atoms with Crippen molar-refractivity contribution in [2.75, 3.05) is 7.11 Å². The average molecular weight is 274 g/mol. The van der Waals surface area contributed by atoms with Gasteiger partial charge in [-0.3, -0.25) is 14.9 Å². The molecule has 1 aromatic carbocycles. The molecule has 0 N–H and O–H groups in total. The van der Waals surface area contributed by atoms with Crippen molar-refractivity contribution in [1.82, 2.24) is 0 Å². The van der Waals surface area contributed by atoms with Crippen LogP contribution in [0.2, 0.25) is 0 Å². The highest BCUT2D eigenvalue weighted by atomic mass is 79.9. The molecule has 0 bridgehead atoms. The van der Waals surface area contributed by atoms with Crippen LogP contribution in [0.15, 0.2) is 22.7 Å². The Bertz CT molecular complexity index is 405. The number of benzene rings is 1. The fourth-order valence-corrected chi connectivity index (χ4v) is 1.61. The van der Waals surface area contributed by atoms with Crippen molar-refractivity contribution in [2.24, 2.45) is 0 Å². The molecule has 1 rings (SSSR count). The molecule has 0 unspecified atom stereocenters. The summed E-state index contributed by atoms with van der Waals surface area (Å²) >= 11 is 3.14. The summed E-state index contributed by atoms with van der Waals surface area (Å²) in [4.78, 5) is 21.0. The molecule has 80 valence electrons. The summed E-state index contributed by atoms with van der Waals surface area (Å²) in [6, 6.07) is 4.37. The third-order valence-electron chi connectivity index (χ3n) is 1.73. The van der Waals surface area contributed by atoms with Gasteiger partial charge < -0.3 is 4.74 Å². The number of nitro benzene ring substituents is 1. The van der Waals surface area contributed by atoms with Crippen LogP contribution in [0, 0.1) is 10.1 Å². The topological polar surface area (TPSA) is 69.4 Å². The molecular formula is C9H8BrNO4. The largest absolute Gasteiger partial charge is 0.469 e. The maximum atomic E-state index is 11.0. The molecule has 0 spiro atoms. The molecule has 0 aliphatic rings. The molecule has 5 nitrogen and oxygen atoms in total. The highest BCUT2D eigenvalue weighted by Crippen LogP contribution is 2.21. The first-order valence-electron chi connectivity index (χ1n) is 4.03. The lowest BCUT2D eigenvalue weighted by Crippen LogP contribution is -2.04. The fraction of sp³-hybridized carbons (Fsp3) is 0.222. The number of carbonyl (C=O) groups excluding carboxylic acids is 1. The summed E-state index contributed by atoms with van der Waals surface area (Å²) in [5.74, 6) is -0.428. The van der Waals surface area contributed by atoms with Crippen molar-refractivity contribution in [1.29, 1.82) is 0 Å². The van der Waals surface area contributed by atoms with Gasteiger partial charge in [0.05, 0.1) is 18.5 Å². The first kappa shape index (κ1) is 11.6. The first-order valence-corrected chi connectivity index (χ1v) is 4.83. The molecule has 15 heavy (non-hydrogen) atoms. The lowest BCUT2D eigenvalue weighted by molar-refractivity contribution is -0.385. The zero-order valence-electron chi connectivity index (χ0n) is 7.90. The van der Waals surface area contributed by atoms with Gasteiger partial charge in [-0.15, -0.1) is 0 Å². The van der Waals surface area contributed by atoms with Crippen LogP contribution < -0.4 is 0 Å². The number of hydrogen-bond acceptors (Lipinski definition) is 4. The van der Waals surface area contributed by atoms with E-state index in [1.165, 1.54) is 19.2 Å². The van der Waals surface area contributed by atoms with Crippen LogP contribution in [0.3, 0.4) is 0 Å². The van der Waals surface area contributed by atoms with Gasteiger partial charge in [-0.05, 0) is 11.6 Å². The van der Waals surface area contributed by atoms with Crippen LogP contribution in [-0.2, 0) is 16.0 Å². The zero-order chi connectivity index (χ0) is 11.4. The third-order valence-corrected chi connectivity index (χ3v) is 2.19. The molecule has 0 radical (unpaired) electrons. The van der Waals surface area contributed by atoms with E-state index >= 15 is 0 Å². The summed E-state index contributed by atoms with van der Waals surface area (Å²) < 4.78 is 5.04. The van der Waals surface area contributed by atoms with E-state index in [1.54, 1.807) is 6.07 Å². The van der Waals surface area contributed by atoms with Crippen molar-refractivity contribution in [2.45, 2.75) is 6.42 Å². The Morgan fingerprint density at radius 2 is 2.20 bits per heavy atom. The van der Waals surface area contributed by atoms with Crippen LogP contribution in [0.25, 0.3) is 0 Å². The summed E-state index contributed by atoms with van der Waals surface area (Å²) in [6.45, 7) is 0. The Morgan fingerprint density at radius 1 is 1.53 bits per heavy atom. The minimum Gasteiger partial charge on any atom is -0.469 e. The van der Waals surface area contributed by atoms with E-state index in [1.807, 2.05) is 0 Å². The molecule has 1 aromatic rings. The highest BCUT2D eigenvalue weighted by Gasteiger charge is 2.11. The van der Waals surface area contributed by atoms with Crippen LogP contribution in [-0.4, -0.2) is 18.0 Å².